The molecule has 0 N–H and O–H groups in total. The van der Waals surface area contributed by atoms with E-state index in [0.717, 1.165) is 0 Å². The number of aromatic nitrogens is 3. The summed E-state index contributed by atoms with van der Waals surface area (Å²) < 4.78 is 14.2. The van der Waals surface area contributed by atoms with Crippen molar-refractivity contribution < 1.29 is 14.3 Å². The van der Waals surface area contributed by atoms with Crippen LogP contribution in [0.3, 0.4) is 0 Å². The molecule has 4 rings (SSSR count). The van der Waals surface area contributed by atoms with Gasteiger partial charge in [0.2, 0.25) is 0 Å². The molecule has 1 amide bonds. The number of nitriles is 1. The molecule has 0 spiro atoms. The Hall–Kier alpha value is -4.29. The first-order valence-corrected chi connectivity index (χ1v) is 11.8. The topological polar surface area (TPSA) is 111 Å². The fourth-order valence-electron chi connectivity index (χ4n) is 3.86. The normalized spacial score (nSPS) is 11.8. The molecule has 1 aromatic carbocycles. The SMILES string of the molecule is CCOc1ccc(C(=O)N=c2c(C#N)cc3c(=O)n4ccccc4nc3n2CCCOC(C)C)cc1. The lowest BCUT2D eigenvalue weighted by Gasteiger charge is -2.14. The number of amides is 1. The van der Waals surface area contributed by atoms with Gasteiger partial charge in [-0.05, 0) is 69.7 Å². The van der Waals surface area contributed by atoms with Gasteiger partial charge in [-0.15, -0.1) is 0 Å². The zero-order valence-electron chi connectivity index (χ0n) is 20.5. The summed E-state index contributed by atoms with van der Waals surface area (Å²) in [6.45, 7) is 7.10. The zero-order chi connectivity index (χ0) is 25.7. The van der Waals surface area contributed by atoms with Crippen LogP contribution in [0.4, 0.5) is 0 Å². The molecule has 184 valence electrons. The summed E-state index contributed by atoms with van der Waals surface area (Å²) >= 11 is 0. The van der Waals surface area contributed by atoms with Crippen LogP contribution in [0, 0.1) is 11.3 Å². The van der Waals surface area contributed by atoms with Crippen LogP contribution in [0.1, 0.15) is 43.1 Å². The molecule has 0 aliphatic rings. The van der Waals surface area contributed by atoms with Crippen molar-refractivity contribution in [2.45, 2.75) is 39.8 Å². The first kappa shape index (κ1) is 24.8. The fourth-order valence-corrected chi connectivity index (χ4v) is 3.86. The minimum Gasteiger partial charge on any atom is -0.494 e. The maximum atomic E-state index is 13.2. The van der Waals surface area contributed by atoms with Gasteiger partial charge in [0, 0.05) is 24.9 Å². The molecular formula is C27H27N5O4. The van der Waals surface area contributed by atoms with Crippen molar-refractivity contribution in [3.63, 3.8) is 0 Å². The van der Waals surface area contributed by atoms with E-state index >= 15 is 0 Å². The second-order valence-corrected chi connectivity index (χ2v) is 8.38. The number of rotatable bonds is 8. The Morgan fingerprint density at radius 2 is 1.97 bits per heavy atom. The molecule has 0 saturated heterocycles. The predicted octanol–water partition coefficient (Wildman–Crippen LogP) is 3.48. The zero-order valence-corrected chi connectivity index (χ0v) is 20.5. The van der Waals surface area contributed by atoms with E-state index < -0.39 is 5.91 Å². The molecule has 0 saturated carbocycles. The van der Waals surface area contributed by atoms with Gasteiger partial charge in [-0.3, -0.25) is 14.0 Å². The fraction of sp³-hybridized carbons (Fsp3) is 0.296. The Balaban J connectivity index is 1.91. The average molecular weight is 486 g/mol. The molecule has 0 radical (unpaired) electrons. The average Bonchev–Trinajstić information content (AvgIpc) is 2.88. The van der Waals surface area contributed by atoms with E-state index in [2.05, 4.69) is 16.0 Å². The van der Waals surface area contributed by atoms with Gasteiger partial charge in [0.05, 0.1) is 23.7 Å². The van der Waals surface area contributed by atoms with Crippen molar-refractivity contribution in [1.29, 1.82) is 5.26 Å². The number of benzene rings is 1. The van der Waals surface area contributed by atoms with Gasteiger partial charge in [-0.25, -0.2) is 4.98 Å². The number of carbonyl (C=O) groups is 1. The maximum Gasteiger partial charge on any atom is 0.278 e. The van der Waals surface area contributed by atoms with Gasteiger partial charge in [0.15, 0.2) is 5.49 Å². The van der Waals surface area contributed by atoms with Crippen molar-refractivity contribution in [2.24, 2.45) is 4.99 Å². The lowest BCUT2D eigenvalue weighted by molar-refractivity contribution is 0.0748. The predicted molar refractivity (Wildman–Crippen MR) is 135 cm³/mol. The van der Waals surface area contributed by atoms with Crippen LogP contribution in [-0.4, -0.2) is 39.2 Å². The first-order valence-electron chi connectivity index (χ1n) is 11.8. The molecule has 4 aromatic rings. The van der Waals surface area contributed by atoms with Gasteiger partial charge in [0.25, 0.3) is 11.5 Å². The molecule has 0 aliphatic heterocycles. The van der Waals surface area contributed by atoms with Crippen LogP contribution < -0.4 is 15.8 Å². The van der Waals surface area contributed by atoms with Gasteiger partial charge >= 0.3 is 0 Å². The molecule has 9 nitrogen and oxygen atoms in total. The summed E-state index contributed by atoms with van der Waals surface area (Å²) in [6.07, 6.45) is 2.27. The van der Waals surface area contributed by atoms with E-state index in [1.807, 2.05) is 20.8 Å². The molecule has 3 aromatic heterocycles. The van der Waals surface area contributed by atoms with Crippen molar-refractivity contribution >= 4 is 22.6 Å². The highest BCUT2D eigenvalue weighted by molar-refractivity contribution is 5.95. The van der Waals surface area contributed by atoms with Crippen LogP contribution in [0.2, 0.25) is 0 Å². The van der Waals surface area contributed by atoms with Gasteiger partial charge in [-0.1, -0.05) is 6.07 Å². The highest BCUT2D eigenvalue weighted by Crippen LogP contribution is 2.14. The number of nitrogens with zero attached hydrogens (tertiary/aromatic N) is 5. The Morgan fingerprint density at radius 3 is 2.67 bits per heavy atom. The Morgan fingerprint density at radius 1 is 1.19 bits per heavy atom. The number of hydrogen-bond acceptors (Lipinski definition) is 6. The summed E-state index contributed by atoms with van der Waals surface area (Å²) in [5, 5.41) is 10.2. The third-order valence-electron chi connectivity index (χ3n) is 5.51. The molecular weight excluding hydrogens is 458 g/mol. The molecule has 9 heteroatoms. The van der Waals surface area contributed by atoms with Crippen LogP contribution in [0.15, 0.2) is 64.5 Å². The number of hydrogen-bond donors (Lipinski definition) is 0. The molecule has 0 fully saturated rings. The van der Waals surface area contributed by atoms with E-state index in [0.29, 0.717) is 48.8 Å². The number of carbonyl (C=O) groups excluding carboxylic acids is 1. The van der Waals surface area contributed by atoms with Crippen molar-refractivity contribution in [2.75, 3.05) is 13.2 Å². The Bertz CT molecular complexity index is 1580. The summed E-state index contributed by atoms with van der Waals surface area (Å²) in [4.78, 5) is 35.3. The maximum absolute atomic E-state index is 13.2. The number of aryl methyl sites for hydroxylation is 1. The highest BCUT2D eigenvalue weighted by atomic mass is 16.5. The van der Waals surface area contributed by atoms with Crippen LogP contribution in [-0.2, 0) is 11.3 Å². The van der Waals surface area contributed by atoms with Crippen LogP contribution in [0.25, 0.3) is 16.7 Å². The highest BCUT2D eigenvalue weighted by Gasteiger charge is 2.15. The number of pyridine rings is 2. The molecule has 3 heterocycles. The second-order valence-electron chi connectivity index (χ2n) is 8.38. The molecule has 0 atom stereocenters. The van der Waals surface area contributed by atoms with Crippen molar-refractivity contribution in [1.82, 2.24) is 14.0 Å². The minimum absolute atomic E-state index is 0.0642. The smallest absolute Gasteiger partial charge is 0.278 e. The van der Waals surface area contributed by atoms with E-state index in [9.17, 15) is 14.9 Å². The summed E-state index contributed by atoms with van der Waals surface area (Å²) in [6, 6.07) is 15.5. The van der Waals surface area contributed by atoms with Gasteiger partial charge in [0.1, 0.15) is 23.1 Å². The van der Waals surface area contributed by atoms with E-state index in [1.54, 1.807) is 53.2 Å². The standard InChI is InChI=1S/C27H27N5O4/c1-4-35-21-11-9-19(10-12-21)26(33)30-24-20(17-28)16-22-25(32(24)14-7-15-36-18(2)3)29-23-8-5-6-13-31(23)27(22)34/h5-6,8-13,16,18H,4,7,14-15H2,1-3H3. The quantitative estimate of drug-likeness (QED) is 0.279. The van der Waals surface area contributed by atoms with Crippen molar-refractivity contribution in [3.05, 3.63) is 81.7 Å². The summed E-state index contributed by atoms with van der Waals surface area (Å²) in [7, 11) is 0. The summed E-state index contributed by atoms with van der Waals surface area (Å²) in [5.41, 5.74) is 1.12. The van der Waals surface area contributed by atoms with E-state index in [-0.39, 0.29) is 28.1 Å². The molecule has 36 heavy (non-hydrogen) atoms. The van der Waals surface area contributed by atoms with E-state index in [4.69, 9.17) is 9.47 Å². The van der Waals surface area contributed by atoms with Crippen LogP contribution in [0.5, 0.6) is 5.75 Å². The van der Waals surface area contributed by atoms with Crippen molar-refractivity contribution in [3.8, 4) is 11.8 Å². The lowest BCUT2D eigenvalue weighted by Crippen LogP contribution is -2.30. The molecule has 0 unspecified atom stereocenters. The summed E-state index contributed by atoms with van der Waals surface area (Å²) in [5.74, 6) is 0.132. The Kier molecular flexibility index (Phi) is 7.56. The number of ether oxygens (including phenoxy) is 2. The van der Waals surface area contributed by atoms with Gasteiger partial charge < -0.3 is 14.0 Å². The third-order valence-corrected chi connectivity index (χ3v) is 5.51. The first-order chi connectivity index (χ1) is 17.4. The lowest BCUT2D eigenvalue weighted by atomic mass is 10.2. The second kappa shape index (κ2) is 11.0. The van der Waals surface area contributed by atoms with E-state index in [1.165, 1.54) is 10.5 Å². The monoisotopic (exact) mass is 485 g/mol. The Labute approximate surface area is 207 Å². The van der Waals surface area contributed by atoms with Crippen LogP contribution >= 0.6 is 0 Å². The van der Waals surface area contributed by atoms with Gasteiger partial charge in [-0.2, -0.15) is 10.3 Å². The largest absolute Gasteiger partial charge is 0.494 e. The molecule has 0 bridgehead atoms. The number of fused-ring (bicyclic) bond motifs is 2. The molecule has 0 aliphatic carbocycles. The minimum atomic E-state index is -0.515. The third kappa shape index (κ3) is 5.19.